The van der Waals surface area contributed by atoms with Gasteiger partial charge < -0.3 is 19.5 Å². The standard InChI is InChI=1S/C21H25NO5/c1-4-5-6-15-7-9-16(10-8-15)22-20(23)14-27-19-13-17(25-2)11-12-18(19)21(24)26-3/h7-13H,4-6,14H2,1-3H3,(H,22,23). The average Bonchev–Trinajstić information content (AvgIpc) is 2.71. The molecule has 144 valence electrons. The van der Waals surface area contributed by atoms with E-state index in [4.69, 9.17) is 14.2 Å². The van der Waals surface area contributed by atoms with Gasteiger partial charge in [-0.2, -0.15) is 0 Å². The van der Waals surface area contributed by atoms with Gasteiger partial charge in [-0.3, -0.25) is 4.79 Å². The molecule has 2 rings (SSSR count). The van der Waals surface area contributed by atoms with E-state index in [9.17, 15) is 9.59 Å². The van der Waals surface area contributed by atoms with Gasteiger partial charge in [0.1, 0.15) is 17.1 Å². The molecule has 1 amide bonds. The molecule has 0 saturated heterocycles. The normalized spacial score (nSPS) is 10.2. The fourth-order valence-electron chi connectivity index (χ4n) is 2.50. The molecule has 0 bridgehead atoms. The van der Waals surface area contributed by atoms with Crippen molar-refractivity contribution >= 4 is 17.6 Å². The molecular weight excluding hydrogens is 346 g/mol. The van der Waals surface area contributed by atoms with E-state index in [0.717, 1.165) is 19.3 Å². The van der Waals surface area contributed by atoms with Crippen LogP contribution >= 0.6 is 0 Å². The van der Waals surface area contributed by atoms with E-state index in [-0.39, 0.29) is 23.8 Å². The van der Waals surface area contributed by atoms with Crippen LogP contribution in [-0.2, 0) is 16.0 Å². The van der Waals surface area contributed by atoms with Crippen molar-refractivity contribution in [2.24, 2.45) is 0 Å². The number of benzene rings is 2. The SMILES string of the molecule is CCCCc1ccc(NC(=O)COc2cc(OC)ccc2C(=O)OC)cc1. The van der Waals surface area contributed by atoms with Crippen molar-refractivity contribution < 1.29 is 23.8 Å². The first-order valence-corrected chi connectivity index (χ1v) is 8.85. The molecule has 0 aliphatic heterocycles. The molecule has 0 atom stereocenters. The first-order chi connectivity index (χ1) is 13.1. The summed E-state index contributed by atoms with van der Waals surface area (Å²) in [6.07, 6.45) is 3.32. The number of aryl methyl sites for hydroxylation is 1. The van der Waals surface area contributed by atoms with Crippen molar-refractivity contribution in [3.8, 4) is 11.5 Å². The topological polar surface area (TPSA) is 73.9 Å². The number of ether oxygens (including phenoxy) is 3. The summed E-state index contributed by atoms with van der Waals surface area (Å²) in [5, 5.41) is 2.78. The molecule has 1 N–H and O–H groups in total. The Hall–Kier alpha value is -3.02. The Balaban J connectivity index is 1.97. The number of unbranched alkanes of at least 4 members (excludes halogenated alkanes) is 1. The van der Waals surface area contributed by atoms with Crippen molar-refractivity contribution in [2.45, 2.75) is 26.2 Å². The Morgan fingerprint density at radius 3 is 2.41 bits per heavy atom. The molecule has 0 radical (unpaired) electrons. The molecule has 27 heavy (non-hydrogen) atoms. The van der Waals surface area contributed by atoms with Crippen LogP contribution < -0.4 is 14.8 Å². The summed E-state index contributed by atoms with van der Waals surface area (Å²) in [4.78, 5) is 24.0. The summed E-state index contributed by atoms with van der Waals surface area (Å²) >= 11 is 0. The predicted molar refractivity (Wildman–Crippen MR) is 104 cm³/mol. The molecule has 0 aliphatic carbocycles. The van der Waals surface area contributed by atoms with E-state index in [1.165, 1.54) is 25.8 Å². The second-order valence-electron chi connectivity index (χ2n) is 5.99. The zero-order valence-corrected chi connectivity index (χ0v) is 15.9. The first kappa shape index (κ1) is 20.3. The van der Waals surface area contributed by atoms with Crippen molar-refractivity contribution in [3.63, 3.8) is 0 Å². The van der Waals surface area contributed by atoms with E-state index in [1.54, 1.807) is 12.1 Å². The van der Waals surface area contributed by atoms with Gasteiger partial charge in [0, 0.05) is 11.8 Å². The minimum atomic E-state index is -0.546. The third kappa shape index (κ3) is 6.02. The van der Waals surface area contributed by atoms with Crippen molar-refractivity contribution in [1.29, 1.82) is 0 Å². The number of amides is 1. The summed E-state index contributed by atoms with van der Waals surface area (Å²) < 4.78 is 15.4. The zero-order chi connectivity index (χ0) is 19.6. The minimum absolute atomic E-state index is 0.228. The number of nitrogens with one attached hydrogen (secondary N) is 1. The maximum absolute atomic E-state index is 12.2. The number of anilines is 1. The van der Waals surface area contributed by atoms with Crippen LogP contribution in [0.1, 0.15) is 35.7 Å². The maximum Gasteiger partial charge on any atom is 0.341 e. The molecule has 6 heteroatoms. The van der Waals surface area contributed by atoms with Gasteiger partial charge in [0.2, 0.25) is 0 Å². The van der Waals surface area contributed by atoms with Gasteiger partial charge in [0.25, 0.3) is 5.91 Å². The number of rotatable bonds is 9. The Morgan fingerprint density at radius 1 is 1.04 bits per heavy atom. The first-order valence-electron chi connectivity index (χ1n) is 8.85. The lowest BCUT2D eigenvalue weighted by Crippen LogP contribution is -2.21. The second kappa shape index (κ2) is 10.2. The lowest BCUT2D eigenvalue weighted by atomic mass is 10.1. The van der Waals surface area contributed by atoms with E-state index in [0.29, 0.717) is 11.4 Å². The average molecular weight is 371 g/mol. The Kier molecular flexibility index (Phi) is 7.67. The molecule has 2 aromatic rings. The number of carbonyl (C=O) groups is 2. The maximum atomic E-state index is 12.2. The Morgan fingerprint density at radius 2 is 1.78 bits per heavy atom. The van der Waals surface area contributed by atoms with Crippen LogP contribution in [0.4, 0.5) is 5.69 Å². The number of carbonyl (C=O) groups excluding carboxylic acids is 2. The summed E-state index contributed by atoms with van der Waals surface area (Å²) in [7, 11) is 2.79. The molecular formula is C21H25NO5. The van der Waals surface area contributed by atoms with Crippen LogP contribution in [-0.4, -0.2) is 32.7 Å². The minimum Gasteiger partial charge on any atom is -0.497 e. The van der Waals surface area contributed by atoms with Gasteiger partial charge in [-0.05, 0) is 42.7 Å². The zero-order valence-electron chi connectivity index (χ0n) is 15.9. The second-order valence-corrected chi connectivity index (χ2v) is 5.99. The Labute approximate surface area is 159 Å². The van der Waals surface area contributed by atoms with Crippen LogP contribution in [0.2, 0.25) is 0 Å². The monoisotopic (exact) mass is 371 g/mol. The van der Waals surface area contributed by atoms with Crippen LogP contribution in [0.3, 0.4) is 0 Å². The van der Waals surface area contributed by atoms with Gasteiger partial charge in [-0.25, -0.2) is 4.79 Å². The van der Waals surface area contributed by atoms with Crippen LogP contribution in [0, 0.1) is 0 Å². The third-order valence-corrected chi connectivity index (χ3v) is 4.01. The molecule has 0 heterocycles. The highest BCUT2D eigenvalue weighted by Crippen LogP contribution is 2.25. The summed E-state index contributed by atoms with van der Waals surface area (Å²) in [5.41, 5.74) is 2.17. The van der Waals surface area contributed by atoms with E-state index >= 15 is 0 Å². The van der Waals surface area contributed by atoms with E-state index in [2.05, 4.69) is 12.2 Å². The van der Waals surface area contributed by atoms with Gasteiger partial charge in [-0.1, -0.05) is 25.5 Å². The van der Waals surface area contributed by atoms with Crippen LogP contribution in [0.5, 0.6) is 11.5 Å². The highest BCUT2D eigenvalue weighted by Gasteiger charge is 2.15. The molecule has 6 nitrogen and oxygen atoms in total. The van der Waals surface area contributed by atoms with Crippen LogP contribution in [0.15, 0.2) is 42.5 Å². The Bertz CT molecular complexity index is 771. The number of methoxy groups -OCH3 is 2. The quantitative estimate of drug-likeness (QED) is 0.678. The van der Waals surface area contributed by atoms with Crippen molar-refractivity contribution in [1.82, 2.24) is 0 Å². The van der Waals surface area contributed by atoms with Crippen molar-refractivity contribution in [3.05, 3.63) is 53.6 Å². The summed E-state index contributed by atoms with van der Waals surface area (Å²) in [5.74, 6) is -0.127. The van der Waals surface area contributed by atoms with Gasteiger partial charge in [-0.15, -0.1) is 0 Å². The largest absolute Gasteiger partial charge is 0.497 e. The molecule has 0 aromatic heterocycles. The molecule has 2 aromatic carbocycles. The molecule has 0 unspecified atom stereocenters. The lowest BCUT2D eigenvalue weighted by molar-refractivity contribution is -0.118. The highest BCUT2D eigenvalue weighted by molar-refractivity contribution is 5.94. The number of hydrogen-bond acceptors (Lipinski definition) is 5. The fourth-order valence-corrected chi connectivity index (χ4v) is 2.50. The third-order valence-electron chi connectivity index (χ3n) is 4.01. The van der Waals surface area contributed by atoms with E-state index < -0.39 is 5.97 Å². The predicted octanol–water partition coefficient (Wildman–Crippen LogP) is 3.84. The van der Waals surface area contributed by atoms with Crippen LogP contribution in [0.25, 0.3) is 0 Å². The molecule has 0 saturated carbocycles. The summed E-state index contributed by atoms with van der Waals surface area (Å²) in [6, 6.07) is 12.4. The fraction of sp³-hybridized carbons (Fsp3) is 0.333. The smallest absolute Gasteiger partial charge is 0.341 e. The van der Waals surface area contributed by atoms with Gasteiger partial charge >= 0.3 is 5.97 Å². The summed E-state index contributed by atoms with van der Waals surface area (Å²) in [6.45, 7) is 1.91. The highest BCUT2D eigenvalue weighted by atomic mass is 16.5. The molecule has 0 spiro atoms. The van der Waals surface area contributed by atoms with Crippen molar-refractivity contribution in [2.75, 3.05) is 26.1 Å². The lowest BCUT2D eigenvalue weighted by Gasteiger charge is -2.12. The number of hydrogen-bond donors (Lipinski definition) is 1. The van der Waals surface area contributed by atoms with Gasteiger partial charge in [0.15, 0.2) is 6.61 Å². The van der Waals surface area contributed by atoms with Gasteiger partial charge in [0.05, 0.1) is 14.2 Å². The van der Waals surface area contributed by atoms with E-state index in [1.807, 2.05) is 24.3 Å². The molecule has 0 aliphatic rings. The molecule has 0 fully saturated rings. The number of esters is 1.